The number of amides is 1. The van der Waals surface area contributed by atoms with Gasteiger partial charge in [0.05, 0.1) is 12.7 Å². The SMILES string of the molecule is CC.CC.CSCCC(NC(=O)c1ccc(CN2CCCC2COC2CCCCC2)cc1-c1ccccc1C)C(=O)O. The van der Waals surface area contributed by atoms with Gasteiger partial charge in [0, 0.05) is 18.2 Å². The number of hydrogen-bond acceptors (Lipinski definition) is 5. The number of hydrogen-bond donors (Lipinski definition) is 2. The lowest BCUT2D eigenvalue weighted by atomic mass is 9.93. The van der Waals surface area contributed by atoms with Crippen molar-refractivity contribution >= 4 is 23.6 Å². The first-order valence-corrected chi connectivity index (χ1v) is 17.4. The monoisotopic (exact) mass is 598 g/mol. The number of thioether (sulfide) groups is 1. The zero-order chi connectivity index (χ0) is 30.9. The molecule has 2 unspecified atom stereocenters. The second-order valence-electron chi connectivity index (χ2n) is 10.7. The molecular weight excluding hydrogens is 544 g/mol. The Labute approximate surface area is 259 Å². The molecule has 2 aromatic rings. The van der Waals surface area contributed by atoms with Crippen LogP contribution in [0.15, 0.2) is 42.5 Å². The van der Waals surface area contributed by atoms with Gasteiger partial charge >= 0.3 is 5.97 Å². The highest BCUT2D eigenvalue weighted by atomic mass is 32.2. The Morgan fingerprint density at radius 2 is 1.71 bits per heavy atom. The third kappa shape index (κ3) is 10.7. The van der Waals surface area contributed by atoms with Crippen LogP contribution in [0.1, 0.15) is 101 Å². The fourth-order valence-electron chi connectivity index (χ4n) is 5.72. The maximum Gasteiger partial charge on any atom is 0.326 e. The van der Waals surface area contributed by atoms with Crippen molar-refractivity contribution in [1.82, 2.24) is 10.2 Å². The minimum absolute atomic E-state index is 0.344. The standard InChI is InChI=1S/C31H42N2O4S.2C2H6/c1-22-9-6-7-13-26(22)28-19-23(14-15-27(28)30(34)32-29(31(35)36)16-18-38-2)20-33-17-8-10-24(33)21-37-25-11-4-3-5-12-25;2*1-2/h6-7,9,13-15,19,24-25,29H,3-5,8,10-12,16-18,20-21H2,1-2H3,(H,32,34)(H,35,36);2*1-2H3. The summed E-state index contributed by atoms with van der Waals surface area (Å²) in [6.45, 7) is 12.7. The van der Waals surface area contributed by atoms with Crippen LogP contribution >= 0.6 is 11.8 Å². The van der Waals surface area contributed by atoms with Gasteiger partial charge in [0.1, 0.15) is 6.04 Å². The van der Waals surface area contributed by atoms with Crippen molar-refractivity contribution in [2.75, 3.05) is 25.2 Å². The molecule has 0 radical (unpaired) electrons. The molecule has 1 saturated heterocycles. The molecular formula is C35H54N2O4S. The van der Waals surface area contributed by atoms with E-state index in [0.29, 0.717) is 29.9 Å². The van der Waals surface area contributed by atoms with Crippen LogP contribution in [-0.4, -0.2) is 65.2 Å². The maximum absolute atomic E-state index is 13.4. The number of carboxylic acid groups (broad SMARTS) is 1. The average Bonchev–Trinajstić information content (AvgIpc) is 3.47. The first kappa shape index (κ1) is 35.8. The minimum Gasteiger partial charge on any atom is -0.480 e. The predicted molar refractivity (Wildman–Crippen MR) is 177 cm³/mol. The number of rotatable bonds is 12. The lowest BCUT2D eigenvalue weighted by molar-refractivity contribution is -0.139. The number of carbonyl (C=O) groups is 2. The second kappa shape index (κ2) is 19.8. The largest absolute Gasteiger partial charge is 0.480 e. The van der Waals surface area contributed by atoms with Gasteiger partial charge < -0.3 is 15.2 Å². The molecule has 7 heteroatoms. The van der Waals surface area contributed by atoms with Gasteiger partial charge in [-0.25, -0.2) is 4.79 Å². The number of likely N-dealkylation sites (tertiary alicyclic amines) is 1. The van der Waals surface area contributed by atoms with Crippen LogP contribution in [0.2, 0.25) is 0 Å². The van der Waals surface area contributed by atoms with Crippen molar-refractivity contribution in [3.8, 4) is 11.1 Å². The summed E-state index contributed by atoms with van der Waals surface area (Å²) in [5.41, 5.74) is 4.59. The van der Waals surface area contributed by atoms with Crippen molar-refractivity contribution in [1.29, 1.82) is 0 Å². The first-order valence-electron chi connectivity index (χ1n) is 16.0. The number of carboxylic acids is 1. The first-order chi connectivity index (χ1) is 20.5. The third-order valence-electron chi connectivity index (χ3n) is 7.94. The van der Waals surface area contributed by atoms with Gasteiger partial charge in [0.25, 0.3) is 5.91 Å². The van der Waals surface area contributed by atoms with Crippen LogP contribution in [0.5, 0.6) is 0 Å². The van der Waals surface area contributed by atoms with Crippen molar-refractivity contribution in [3.05, 3.63) is 59.2 Å². The van der Waals surface area contributed by atoms with E-state index in [2.05, 4.69) is 16.3 Å². The summed E-state index contributed by atoms with van der Waals surface area (Å²) in [5, 5.41) is 12.4. The summed E-state index contributed by atoms with van der Waals surface area (Å²) in [4.78, 5) is 27.7. The summed E-state index contributed by atoms with van der Waals surface area (Å²) in [5.74, 6) is -0.678. The van der Waals surface area contributed by atoms with Gasteiger partial charge in [-0.05, 0) is 92.0 Å². The molecule has 4 rings (SSSR count). The van der Waals surface area contributed by atoms with E-state index in [4.69, 9.17) is 4.74 Å². The van der Waals surface area contributed by atoms with Crippen LogP contribution in [0, 0.1) is 6.92 Å². The van der Waals surface area contributed by atoms with E-state index < -0.39 is 12.0 Å². The molecule has 0 spiro atoms. The summed E-state index contributed by atoms with van der Waals surface area (Å²) >= 11 is 1.57. The number of nitrogens with one attached hydrogen (secondary N) is 1. The van der Waals surface area contributed by atoms with E-state index in [9.17, 15) is 14.7 Å². The topological polar surface area (TPSA) is 78.9 Å². The van der Waals surface area contributed by atoms with Gasteiger partial charge in [0.2, 0.25) is 0 Å². The quantitative estimate of drug-likeness (QED) is 0.258. The van der Waals surface area contributed by atoms with Crippen molar-refractivity contribution in [2.24, 2.45) is 0 Å². The molecule has 0 bridgehead atoms. The van der Waals surface area contributed by atoms with E-state index >= 15 is 0 Å². The van der Waals surface area contributed by atoms with Crippen molar-refractivity contribution in [3.63, 3.8) is 0 Å². The van der Waals surface area contributed by atoms with E-state index in [1.54, 1.807) is 11.8 Å². The van der Waals surface area contributed by atoms with Gasteiger partial charge in [-0.3, -0.25) is 9.69 Å². The van der Waals surface area contributed by atoms with E-state index in [-0.39, 0.29) is 5.91 Å². The smallest absolute Gasteiger partial charge is 0.326 e. The number of benzene rings is 2. The maximum atomic E-state index is 13.4. The normalized spacial score (nSPS) is 17.8. The van der Waals surface area contributed by atoms with E-state index in [1.165, 1.54) is 38.5 Å². The number of aryl methyl sites for hydroxylation is 1. The predicted octanol–water partition coefficient (Wildman–Crippen LogP) is 7.96. The second-order valence-corrected chi connectivity index (χ2v) is 11.7. The lowest BCUT2D eigenvalue weighted by Crippen LogP contribution is -2.41. The van der Waals surface area contributed by atoms with E-state index in [1.807, 2.05) is 77.3 Å². The molecule has 6 nitrogen and oxygen atoms in total. The highest BCUT2D eigenvalue weighted by Gasteiger charge is 2.27. The summed E-state index contributed by atoms with van der Waals surface area (Å²) < 4.78 is 6.33. The summed E-state index contributed by atoms with van der Waals surface area (Å²) in [6.07, 6.45) is 11.4. The molecule has 234 valence electrons. The highest BCUT2D eigenvalue weighted by Crippen LogP contribution is 2.30. The zero-order valence-electron chi connectivity index (χ0n) is 26.8. The Hall–Kier alpha value is -2.35. The average molecular weight is 599 g/mol. The van der Waals surface area contributed by atoms with Crippen LogP contribution < -0.4 is 5.32 Å². The van der Waals surface area contributed by atoms with Crippen LogP contribution in [-0.2, 0) is 16.1 Å². The number of aliphatic carboxylic acids is 1. The molecule has 2 aromatic carbocycles. The van der Waals surface area contributed by atoms with E-state index in [0.717, 1.165) is 48.4 Å². The molecule has 1 amide bonds. The Morgan fingerprint density at radius 3 is 2.38 bits per heavy atom. The molecule has 1 saturated carbocycles. The van der Waals surface area contributed by atoms with Crippen molar-refractivity contribution < 1.29 is 19.4 Å². The number of ether oxygens (including phenoxy) is 1. The Kier molecular flexibility index (Phi) is 16.9. The van der Waals surface area contributed by atoms with Crippen LogP contribution in [0.3, 0.4) is 0 Å². The zero-order valence-corrected chi connectivity index (χ0v) is 27.6. The number of carbonyl (C=O) groups excluding carboxylic acids is 1. The molecule has 2 aliphatic rings. The van der Waals surface area contributed by atoms with Crippen LogP contribution in [0.4, 0.5) is 0 Å². The molecule has 2 atom stereocenters. The Morgan fingerprint density at radius 1 is 1.00 bits per heavy atom. The summed E-state index contributed by atoms with van der Waals surface area (Å²) in [6, 6.07) is 13.6. The fraction of sp³-hybridized carbons (Fsp3) is 0.600. The molecule has 1 aliphatic carbocycles. The molecule has 2 fully saturated rings. The fourth-order valence-corrected chi connectivity index (χ4v) is 6.19. The van der Waals surface area contributed by atoms with Crippen molar-refractivity contribution in [2.45, 2.75) is 111 Å². The Balaban J connectivity index is 0.00000148. The number of nitrogens with zero attached hydrogens (tertiary/aromatic N) is 1. The molecule has 1 heterocycles. The molecule has 0 aromatic heterocycles. The van der Waals surface area contributed by atoms with Gasteiger partial charge in [-0.2, -0.15) is 11.8 Å². The lowest BCUT2D eigenvalue weighted by Gasteiger charge is -2.28. The molecule has 42 heavy (non-hydrogen) atoms. The Bertz CT molecular complexity index is 1090. The third-order valence-corrected chi connectivity index (χ3v) is 8.58. The highest BCUT2D eigenvalue weighted by molar-refractivity contribution is 7.98. The molecule has 1 aliphatic heterocycles. The van der Waals surface area contributed by atoms with Gasteiger partial charge in [-0.15, -0.1) is 0 Å². The van der Waals surface area contributed by atoms with Crippen LogP contribution in [0.25, 0.3) is 11.1 Å². The summed E-state index contributed by atoms with van der Waals surface area (Å²) in [7, 11) is 0. The van der Waals surface area contributed by atoms with Gasteiger partial charge in [-0.1, -0.05) is 77.3 Å². The van der Waals surface area contributed by atoms with Gasteiger partial charge in [0.15, 0.2) is 0 Å². The minimum atomic E-state index is -1.00. The molecule has 2 N–H and O–H groups in total.